The quantitative estimate of drug-likeness (QED) is 0.808. The molecule has 3 rings (SSSR count). The van der Waals surface area contributed by atoms with E-state index in [1.165, 1.54) is 0 Å². The molecule has 0 atom stereocenters. The van der Waals surface area contributed by atoms with Crippen LogP contribution in [0.4, 0.5) is 5.82 Å². The van der Waals surface area contributed by atoms with E-state index in [9.17, 15) is 4.79 Å². The van der Waals surface area contributed by atoms with Crippen molar-refractivity contribution >= 4 is 22.6 Å². The second-order valence-electron chi connectivity index (χ2n) is 4.86. The summed E-state index contributed by atoms with van der Waals surface area (Å²) in [4.78, 5) is 20.1. The highest BCUT2D eigenvalue weighted by Gasteiger charge is 2.19. The van der Waals surface area contributed by atoms with Gasteiger partial charge in [0.25, 0.3) is 0 Å². The van der Waals surface area contributed by atoms with Crippen molar-refractivity contribution in [1.29, 1.82) is 0 Å². The van der Waals surface area contributed by atoms with Crippen LogP contribution < -0.4 is 4.90 Å². The molecule has 0 spiro atoms. The van der Waals surface area contributed by atoms with Crippen molar-refractivity contribution in [3.63, 3.8) is 0 Å². The number of hydrogen-bond donors (Lipinski definition) is 0. The third-order valence-corrected chi connectivity index (χ3v) is 3.63. The van der Waals surface area contributed by atoms with Gasteiger partial charge in [0.05, 0.1) is 5.52 Å². The number of hydrogen-bond acceptors (Lipinski definition) is 3. The van der Waals surface area contributed by atoms with Crippen LogP contribution in [0.5, 0.6) is 0 Å². The van der Waals surface area contributed by atoms with Crippen LogP contribution in [0.15, 0.2) is 36.4 Å². The van der Waals surface area contributed by atoms with E-state index in [4.69, 9.17) is 4.98 Å². The molecule has 1 aliphatic rings. The van der Waals surface area contributed by atoms with E-state index in [2.05, 4.69) is 23.1 Å². The average molecular weight is 285 g/mol. The highest BCUT2D eigenvalue weighted by Crippen LogP contribution is 2.19. The Hall–Kier alpha value is -2.10. The molecule has 112 valence electrons. The topological polar surface area (TPSA) is 36.4 Å². The Labute approximate surface area is 126 Å². The van der Waals surface area contributed by atoms with Gasteiger partial charge in [0.2, 0.25) is 5.91 Å². The number of anilines is 1. The number of pyridine rings is 1. The summed E-state index contributed by atoms with van der Waals surface area (Å²) < 4.78 is 0. The van der Waals surface area contributed by atoms with Crippen molar-refractivity contribution in [1.82, 2.24) is 9.88 Å². The van der Waals surface area contributed by atoms with Crippen molar-refractivity contribution in [3.8, 4) is 0 Å². The second-order valence-corrected chi connectivity index (χ2v) is 4.86. The van der Waals surface area contributed by atoms with E-state index in [0.29, 0.717) is 0 Å². The molecule has 4 nitrogen and oxygen atoms in total. The van der Waals surface area contributed by atoms with Gasteiger partial charge in [-0.1, -0.05) is 32.0 Å². The fourth-order valence-corrected chi connectivity index (χ4v) is 2.48. The maximum Gasteiger partial charge on any atom is 0.219 e. The molecule has 1 aromatic carbocycles. The molecule has 2 aromatic rings. The number of carbonyl (C=O) groups is 1. The van der Waals surface area contributed by atoms with Gasteiger partial charge in [0.1, 0.15) is 5.82 Å². The average Bonchev–Trinajstić information content (AvgIpc) is 2.56. The lowest BCUT2D eigenvalue weighted by atomic mass is 10.2. The summed E-state index contributed by atoms with van der Waals surface area (Å²) in [5.74, 6) is 1.16. The standard InChI is InChI=1S/C15H17N3O.C2H6/c1-12(19)17-8-10-18(11-9-17)15-7-6-13-4-2-3-5-14(13)16-15;1-2/h2-7H,8-11H2,1H3;1-2H3. The van der Waals surface area contributed by atoms with Crippen LogP contribution in [0.1, 0.15) is 20.8 Å². The predicted molar refractivity (Wildman–Crippen MR) is 87.6 cm³/mol. The molecule has 1 aliphatic heterocycles. The molecule has 0 N–H and O–H groups in total. The van der Waals surface area contributed by atoms with Gasteiger partial charge in [0, 0.05) is 38.5 Å². The number of nitrogens with zero attached hydrogens (tertiary/aromatic N) is 3. The molecule has 0 saturated carbocycles. The monoisotopic (exact) mass is 285 g/mol. The highest BCUT2D eigenvalue weighted by atomic mass is 16.2. The Morgan fingerprint density at radius 3 is 2.33 bits per heavy atom. The van der Waals surface area contributed by atoms with Crippen molar-refractivity contribution in [2.75, 3.05) is 31.1 Å². The molecule has 1 amide bonds. The first-order chi connectivity index (χ1) is 10.2. The van der Waals surface area contributed by atoms with Gasteiger partial charge in [-0.05, 0) is 18.2 Å². The van der Waals surface area contributed by atoms with Crippen LogP contribution in [0.2, 0.25) is 0 Å². The predicted octanol–water partition coefficient (Wildman–Crippen LogP) is 2.93. The summed E-state index contributed by atoms with van der Waals surface area (Å²) in [5, 5.41) is 1.16. The fourth-order valence-electron chi connectivity index (χ4n) is 2.48. The van der Waals surface area contributed by atoms with Crippen molar-refractivity contribution < 1.29 is 4.79 Å². The first kappa shape index (κ1) is 15.3. The fraction of sp³-hybridized carbons (Fsp3) is 0.412. The van der Waals surface area contributed by atoms with Gasteiger partial charge in [-0.15, -0.1) is 0 Å². The van der Waals surface area contributed by atoms with Gasteiger partial charge >= 0.3 is 0 Å². The Kier molecular flexibility index (Phi) is 5.14. The van der Waals surface area contributed by atoms with Crippen molar-refractivity contribution in [3.05, 3.63) is 36.4 Å². The van der Waals surface area contributed by atoms with Crippen molar-refractivity contribution in [2.24, 2.45) is 0 Å². The molecule has 1 aromatic heterocycles. The number of benzene rings is 1. The normalized spacial score (nSPS) is 14.6. The van der Waals surface area contributed by atoms with Gasteiger partial charge in [-0.25, -0.2) is 4.98 Å². The number of para-hydroxylation sites is 1. The molecule has 0 aliphatic carbocycles. The maximum atomic E-state index is 11.3. The summed E-state index contributed by atoms with van der Waals surface area (Å²) in [6, 6.07) is 12.3. The third-order valence-electron chi connectivity index (χ3n) is 3.63. The zero-order chi connectivity index (χ0) is 15.2. The molecular formula is C17H23N3O. The van der Waals surface area contributed by atoms with Crippen LogP contribution in [0.3, 0.4) is 0 Å². The molecule has 1 fully saturated rings. The summed E-state index contributed by atoms with van der Waals surface area (Å²) in [6.45, 7) is 8.90. The third kappa shape index (κ3) is 3.51. The zero-order valence-corrected chi connectivity index (χ0v) is 13.0. The lowest BCUT2D eigenvalue weighted by Crippen LogP contribution is -2.48. The van der Waals surface area contributed by atoms with Gasteiger partial charge in [-0.2, -0.15) is 0 Å². The number of rotatable bonds is 1. The first-order valence-corrected chi connectivity index (χ1v) is 7.60. The van der Waals surface area contributed by atoms with Crippen molar-refractivity contribution in [2.45, 2.75) is 20.8 Å². The second kappa shape index (κ2) is 7.07. The molecule has 1 saturated heterocycles. The SMILES string of the molecule is CC.CC(=O)N1CCN(c2ccc3ccccc3n2)CC1. The maximum absolute atomic E-state index is 11.3. The van der Waals surface area contributed by atoms with E-state index < -0.39 is 0 Å². The minimum atomic E-state index is 0.158. The van der Waals surface area contributed by atoms with Gasteiger partial charge in [-0.3, -0.25) is 4.79 Å². The number of piperazine rings is 1. The molecular weight excluding hydrogens is 262 g/mol. The molecule has 0 unspecified atom stereocenters. The van der Waals surface area contributed by atoms with Crippen LogP contribution in [0, 0.1) is 0 Å². The Morgan fingerprint density at radius 1 is 1.00 bits per heavy atom. The highest BCUT2D eigenvalue weighted by molar-refractivity contribution is 5.80. The smallest absolute Gasteiger partial charge is 0.219 e. The van der Waals surface area contributed by atoms with Crippen LogP contribution >= 0.6 is 0 Å². The summed E-state index contributed by atoms with van der Waals surface area (Å²) in [5.41, 5.74) is 1.02. The Morgan fingerprint density at radius 2 is 1.67 bits per heavy atom. The lowest BCUT2D eigenvalue weighted by molar-refractivity contribution is -0.129. The van der Waals surface area contributed by atoms with Crippen LogP contribution in [-0.4, -0.2) is 42.0 Å². The van der Waals surface area contributed by atoms with E-state index in [-0.39, 0.29) is 5.91 Å². The van der Waals surface area contributed by atoms with Crippen LogP contribution in [-0.2, 0) is 4.79 Å². The van der Waals surface area contributed by atoms with E-state index in [1.54, 1.807) is 6.92 Å². The summed E-state index contributed by atoms with van der Waals surface area (Å²) in [6.07, 6.45) is 0. The number of fused-ring (bicyclic) bond motifs is 1. The molecule has 4 heteroatoms. The molecule has 2 heterocycles. The lowest BCUT2D eigenvalue weighted by Gasteiger charge is -2.35. The summed E-state index contributed by atoms with van der Waals surface area (Å²) >= 11 is 0. The minimum Gasteiger partial charge on any atom is -0.353 e. The Bertz CT molecular complexity index is 604. The first-order valence-electron chi connectivity index (χ1n) is 7.60. The molecule has 0 bridgehead atoms. The van der Waals surface area contributed by atoms with E-state index >= 15 is 0 Å². The van der Waals surface area contributed by atoms with E-state index in [1.807, 2.05) is 36.9 Å². The molecule has 0 radical (unpaired) electrons. The van der Waals surface area contributed by atoms with Crippen LogP contribution in [0.25, 0.3) is 10.9 Å². The number of carbonyl (C=O) groups excluding carboxylic acids is 1. The van der Waals surface area contributed by atoms with Gasteiger partial charge < -0.3 is 9.80 Å². The number of aromatic nitrogens is 1. The Balaban J connectivity index is 0.000000774. The van der Waals surface area contributed by atoms with Gasteiger partial charge in [0.15, 0.2) is 0 Å². The number of amides is 1. The largest absolute Gasteiger partial charge is 0.353 e. The zero-order valence-electron chi connectivity index (χ0n) is 13.0. The van der Waals surface area contributed by atoms with E-state index in [0.717, 1.165) is 42.9 Å². The minimum absolute atomic E-state index is 0.158. The summed E-state index contributed by atoms with van der Waals surface area (Å²) in [7, 11) is 0. The molecule has 21 heavy (non-hydrogen) atoms.